The van der Waals surface area contributed by atoms with Crippen molar-refractivity contribution in [3.8, 4) is 11.5 Å². The minimum Gasteiger partial charge on any atom is -0.493 e. The van der Waals surface area contributed by atoms with E-state index in [2.05, 4.69) is 0 Å². The van der Waals surface area contributed by atoms with E-state index < -0.39 is 0 Å². The van der Waals surface area contributed by atoms with Gasteiger partial charge in [0.1, 0.15) is 11.6 Å². The van der Waals surface area contributed by atoms with Gasteiger partial charge in [-0.05, 0) is 24.3 Å². The zero-order chi connectivity index (χ0) is 14.5. The standard InChI is InChI=1S/C15H14ClNO2S/c1-18-14-8-10(15(17)20)6-7-13(14)19-9-11-4-2-3-5-12(11)16/h2-8H,9H2,1H3,(H2,17,20). The molecule has 0 bridgehead atoms. The van der Waals surface area contributed by atoms with E-state index in [1.165, 1.54) is 0 Å². The summed E-state index contributed by atoms with van der Waals surface area (Å²) in [5.74, 6) is 1.20. The molecule has 0 aliphatic heterocycles. The Morgan fingerprint density at radius 1 is 1.20 bits per heavy atom. The van der Waals surface area contributed by atoms with Crippen LogP contribution in [-0.4, -0.2) is 12.1 Å². The summed E-state index contributed by atoms with van der Waals surface area (Å²) >= 11 is 11.0. The largest absolute Gasteiger partial charge is 0.493 e. The fourth-order valence-corrected chi connectivity index (χ4v) is 2.03. The van der Waals surface area contributed by atoms with Crippen LogP contribution in [0.1, 0.15) is 11.1 Å². The molecule has 0 saturated carbocycles. The molecule has 2 N–H and O–H groups in total. The first-order valence-corrected chi connectivity index (χ1v) is 6.74. The minimum absolute atomic E-state index is 0.320. The smallest absolute Gasteiger partial charge is 0.161 e. The molecular weight excluding hydrogens is 294 g/mol. The van der Waals surface area contributed by atoms with Crippen LogP contribution in [0, 0.1) is 0 Å². The number of benzene rings is 2. The van der Waals surface area contributed by atoms with Crippen molar-refractivity contribution < 1.29 is 9.47 Å². The Hall–Kier alpha value is -1.78. The Morgan fingerprint density at radius 3 is 2.60 bits per heavy atom. The predicted molar refractivity (Wildman–Crippen MR) is 84.7 cm³/mol. The van der Waals surface area contributed by atoms with E-state index in [0.29, 0.717) is 28.1 Å². The Labute approximate surface area is 128 Å². The summed E-state index contributed by atoms with van der Waals surface area (Å²) in [7, 11) is 1.57. The molecule has 0 radical (unpaired) electrons. The van der Waals surface area contributed by atoms with Gasteiger partial charge in [-0.2, -0.15) is 0 Å². The zero-order valence-electron chi connectivity index (χ0n) is 10.9. The van der Waals surface area contributed by atoms with Crippen molar-refractivity contribution in [1.29, 1.82) is 0 Å². The SMILES string of the molecule is COc1cc(C(N)=S)ccc1OCc1ccccc1Cl. The average Bonchev–Trinajstić information content (AvgIpc) is 2.46. The van der Waals surface area contributed by atoms with Gasteiger partial charge in [0, 0.05) is 16.1 Å². The van der Waals surface area contributed by atoms with Crippen molar-refractivity contribution in [2.24, 2.45) is 5.73 Å². The number of rotatable bonds is 5. The molecule has 20 heavy (non-hydrogen) atoms. The van der Waals surface area contributed by atoms with Crippen LogP contribution in [0.15, 0.2) is 42.5 Å². The highest BCUT2D eigenvalue weighted by molar-refractivity contribution is 7.80. The van der Waals surface area contributed by atoms with Crippen LogP contribution in [0.2, 0.25) is 5.02 Å². The van der Waals surface area contributed by atoms with Crippen molar-refractivity contribution in [1.82, 2.24) is 0 Å². The third-order valence-electron chi connectivity index (χ3n) is 2.79. The molecule has 104 valence electrons. The monoisotopic (exact) mass is 307 g/mol. The Morgan fingerprint density at radius 2 is 1.95 bits per heavy atom. The van der Waals surface area contributed by atoms with Gasteiger partial charge in [0.05, 0.1) is 7.11 Å². The van der Waals surface area contributed by atoms with Crippen LogP contribution in [0.25, 0.3) is 0 Å². The van der Waals surface area contributed by atoms with Crippen LogP contribution < -0.4 is 15.2 Å². The maximum atomic E-state index is 6.09. The van der Waals surface area contributed by atoms with Crippen molar-refractivity contribution in [2.75, 3.05) is 7.11 Å². The summed E-state index contributed by atoms with van der Waals surface area (Å²) in [5, 5.41) is 0.672. The summed E-state index contributed by atoms with van der Waals surface area (Å²) < 4.78 is 11.0. The molecule has 5 heteroatoms. The van der Waals surface area contributed by atoms with Crippen LogP contribution in [0.4, 0.5) is 0 Å². The van der Waals surface area contributed by atoms with Gasteiger partial charge in [-0.25, -0.2) is 0 Å². The first kappa shape index (κ1) is 14.6. The van der Waals surface area contributed by atoms with Gasteiger partial charge in [0.25, 0.3) is 0 Å². The second-order valence-electron chi connectivity index (χ2n) is 4.11. The third-order valence-corrected chi connectivity index (χ3v) is 3.39. The molecule has 2 rings (SSSR count). The van der Waals surface area contributed by atoms with E-state index in [9.17, 15) is 0 Å². The number of hydrogen-bond acceptors (Lipinski definition) is 3. The first-order chi connectivity index (χ1) is 9.61. The quantitative estimate of drug-likeness (QED) is 0.858. The molecule has 2 aromatic carbocycles. The van der Waals surface area contributed by atoms with E-state index in [-0.39, 0.29) is 0 Å². The van der Waals surface area contributed by atoms with E-state index in [4.69, 9.17) is 39.0 Å². The van der Waals surface area contributed by atoms with Crippen LogP contribution in [0.3, 0.4) is 0 Å². The lowest BCUT2D eigenvalue weighted by Crippen LogP contribution is -2.09. The van der Waals surface area contributed by atoms with Gasteiger partial charge >= 0.3 is 0 Å². The van der Waals surface area contributed by atoms with E-state index >= 15 is 0 Å². The topological polar surface area (TPSA) is 44.5 Å². The molecule has 0 spiro atoms. The number of methoxy groups -OCH3 is 1. The van der Waals surface area contributed by atoms with Crippen molar-refractivity contribution in [2.45, 2.75) is 6.61 Å². The first-order valence-electron chi connectivity index (χ1n) is 5.96. The van der Waals surface area contributed by atoms with E-state index in [1.807, 2.05) is 24.3 Å². The van der Waals surface area contributed by atoms with Gasteiger partial charge in [-0.15, -0.1) is 0 Å². The van der Waals surface area contributed by atoms with Crippen LogP contribution in [-0.2, 0) is 6.61 Å². The number of ether oxygens (including phenoxy) is 2. The van der Waals surface area contributed by atoms with Gasteiger partial charge < -0.3 is 15.2 Å². The zero-order valence-corrected chi connectivity index (χ0v) is 12.5. The van der Waals surface area contributed by atoms with E-state index in [0.717, 1.165) is 11.1 Å². The number of hydrogen-bond donors (Lipinski definition) is 1. The Bertz CT molecular complexity index is 631. The van der Waals surface area contributed by atoms with Crippen molar-refractivity contribution in [3.05, 3.63) is 58.6 Å². The molecule has 2 aromatic rings. The van der Waals surface area contributed by atoms with Gasteiger partial charge in [0.2, 0.25) is 0 Å². The predicted octanol–water partition coefficient (Wildman–Crippen LogP) is 3.56. The molecule has 0 aromatic heterocycles. The molecule has 0 aliphatic carbocycles. The molecule has 0 amide bonds. The lowest BCUT2D eigenvalue weighted by atomic mass is 10.2. The summed E-state index contributed by atoms with van der Waals surface area (Å²) in [5.41, 5.74) is 7.24. The van der Waals surface area contributed by atoms with Gasteiger partial charge in [-0.1, -0.05) is 42.0 Å². The lowest BCUT2D eigenvalue weighted by Gasteiger charge is -2.12. The molecule has 0 saturated heterocycles. The maximum Gasteiger partial charge on any atom is 0.161 e. The molecule has 3 nitrogen and oxygen atoms in total. The highest BCUT2D eigenvalue weighted by Crippen LogP contribution is 2.29. The number of halogens is 1. The Kier molecular flexibility index (Phi) is 4.82. The lowest BCUT2D eigenvalue weighted by molar-refractivity contribution is 0.284. The third kappa shape index (κ3) is 3.40. The van der Waals surface area contributed by atoms with Gasteiger partial charge in [0.15, 0.2) is 11.5 Å². The van der Waals surface area contributed by atoms with Crippen LogP contribution >= 0.6 is 23.8 Å². The minimum atomic E-state index is 0.320. The fraction of sp³-hybridized carbons (Fsp3) is 0.133. The second-order valence-corrected chi connectivity index (χ2v) is 4.96. The molecule has 0 fully saturated rings. The molecule has 0 aliphatic rings. The fourth-order valence-electron chi connectivity index (χ4n) is 1.71. The average molecular weight is 308 g/mol. The normalized spacial score (nSPS) is 10.1. The molecular formula is C15H14ClNO2S. The second kappa shape index (κ2) is 6.59. The molecule has 0 heterocycles. The number of thiocarbonyl (C=S) groups is 1. The number of nitrogens with two attached hydrogens (primary N) is 1. The maximum absolute atomic E-state index is 6.09. The summed E-state index contributed by atoms with van der Waals surface area (Å²) in [4.78, 5) is 0.320. The van der Waals surface area contributed by atoms with Gasteiger partial charge in [-0.3, -0.25) is 0 Å². The van der Waals surface area contributed by atoms with Crippen LogP contribution in [0.5, 0.6) is 11.5 Å². The van der Waals surface area contributed by atoms with E-state index in [1.54, 1.807) is 25.3 Å². The highest BCUT2D eigenvalue weighted by atomic mass is 35.5. The summed E-state index contributed by atoms with van der Waals surface area (Å²) in [6, 6.07) is 12.9. The van der Waals surface area contributed by atoms with Crippen molar-refractivity contribution >= 4 is 28.8 Å². The summed E-state index contributed by atoms with van der Waals surface area (Å²) in [6.45, 7) is 0.364. The molecule has 0 atom stereocenters. The highest BCUT2D eigenvalue weighted by Gasteiger charge is 2.08. The summed E-state index contributed by atoms with van der Waals surface area (Å²) in [6.07, 6.45) is 0. The molecule has 0 unspecified atom stereocenters. The van der Waals surface area contributed by atoms with Crippen molar-refractivity contribution in [3.63, 3.8) is 0 Å². The Balaban J connectivity index is 2.17.